The van der Waals surface area contributed by atoms with Crippen LogP contribution >= 0.6 is 0 Å². The molecule has 0 radical (unpaired) electrons. The van der Waals surface area contributed by atoms with Gasteiger partial charge >= 0.3 is 6.03 Å². The Bertz CT molecular complexity index is 757. The summed E-state index contributed by atoms with van der Waals surface area (Å²) in [6.07, 6.45) is 11.9. The molecule has 3 aliphatic rings. The minimum absolute atomic E-state index is 0.00925. The summed E-state index contributed by atoms with van der Waals surface area (Å²) >= 11 is 0. The molecule has 4 rings (SSSR count). The van der Waals surface area contributed by atoms with Gasteiger partial charge in [-0.05, 0) is 87.7 Å². The number of hydrogen-bond acceptors (Lipinski definition) is 3. The van der Waals surface area contributed by atoms with Crippen molar-refractivity contribution in [2.45, 2.75) is 77.2 Å². The van der Waals surface area contributed by atoms with Gasteiger partial charge in [0, 0.05) is 36.9 Å². The van der Waals surface area contributed by atoms with Crippen LogP contribution < -0.4 is 10.6 Å². The predicted octanol–water partition coefficient (Wildman–Crippen LogP) is 5.12. The van der Waals surface area contributed by atoms with Gasteiger partial charge in [0.05, 0.1) is 0 Å². The molecule has 1 aromatic rings. The molecule has 0 unspecified atom stereocenters. The molecule has 0 aromatic heterocycles. The van der Waals surface area contributed by atoms with Gasteiger partial charge in [0.15, 0.2) is 0 Å². The van der Waals surface area contributed by atoms with E-state index in [9.17, 15) is 9.59 Å². The third-order valence-corrected chi connectivity index (χ3v) is 7.88. The van der Waals surface area contributed by atoms with Crippen LogP contribution in [-0.4, -0.2) is 60.5 Å². The standard InChI is InChI=1S/C27H42N4O2/c1-21-12-16-30(17-13-21)20-22-14-18-31(19-15-22)27(33)29-25-10-8-23(9-11-25)26(32)28-24-6-4-2-3-5-7-24/h8-11,21-22,24H,2-7,12-20H2,1H3,(H,28,32)(H,29,33). The third-order valence-electron chi connectivity index (χ3n) is 7.88. The smallest absolute Gasteiger partial charge is 0.321 e. The molecule has 2 aliphatic heterocycles. The number of anilines is 1. The van der Waals surface area contributed by atoms with Crippen molar-refractivity contribution in [2.24, 2.45) is 11.8 Å². The molecule has 2 N–H and O–H groups in total. The van der Waals surface area contributed by atoms with E-state index in [0.29, 0.717) is 17.5 Å². The van der Waals surface area contributed by atoms with Crippen LogP contribution in [0.25, 0.3) is 0 Å². The Kier molecular flexibility index (Phi) is 8.65. The summed E-state index contributed by atoms with van der Waals surface area (Å²) in [5, 5.41) is 6.20. The molecular weight excluding hydrogens is 412 g/mol. The minimum Gasteiger partial charge on any atom is -0.349 e. The summed E-state index contributed by atoms with van der Waals surface area (Å²) in [5.74, 6) is 1.57. The molecule has 6 heteroatoms. The first kappa shape index (κ1) is 24.1. The lowest BCUT2D eigenvalue weighted by atomic mass is 9.93. The number of likely N-dealkylation sites (tertiary alicyclic amines) is 2. The zero-order valence-electron chi connectivity index (χ0n) is 20.4. The van der Waals surface area contributed by atoms with Gasteiger partial charge in [-0.3, -0.25) is 4.79 Å². The molecule has 6 nitrogen and oxygen atoms in total. The highest BCUT2D eigenvalue weighted by Gasteiger charge is 2.26. The molecule has 3 fully saturated rings. The quantitative estimate of drug-likeness (QED) is 0.607. The molecule has 3 amide bonds. The Morgan fingerprint density at radius 2 is 1.48 bits per heavy atom. The summed E-state index contributed by atoms with van der Waals surface area (Å²) in [6.45, 7) is 7.65. The number of carbonyl (C=O) groups excluding carboxylic acids is 2. The predicted molar refractivity (Wildman–Crippen MR) is 134 cm³/mol. The average Bonchev–Trinajstić information content (AvgIpc) is 3.10. The monoisotopic (exact) mass is 454 g/mol. The summed E-state index contributed by atoms with van der Waals surface area (Å²) in [7, 11) is 0. The molecule has 1 aromatic carbocycles. The normalized spacial score (nSPS) is 22.0. The molecule has 0 bridgehead atoms. The zero-order chi connectivity index (χ0) is 23.0. The first-order valence-corrected chi connectivity index (χ1v) is 13.3. The fourth-order valence-electron chi connectivity index (χ4n) is 5.53. The molecule has 33 heavy (non-hydrogen) atoms. The number of amides is 3. The van der Waals surface area contributed by atoms with Crippen LogP contribution in [0, 0.1) is 11.8 Å². The molecule has 2 heterocycles. The van der Waals surface area contributed by atoms with Crippen LogP contribution in [0.3, 0.4) is 0 Å². The SMILES string of the molecule is CC1CCN(CC2CCN(C(=O)Nc3ccc(C(=O)NC4CCCCCC4)cc3)CC2)CC1. The van der Waals surface area contributed by atoms with Crippen molar-refractivity contribution in [3.63, 3.8) is 0 Å². The van der Waals surface area contributed by atoms with Gasteiger partial charge in [0.25, 0.3) is 5.91 Å². The summed E-state index contributed by atoms with van der Waals surface area (Å²) in [5.41, 5.74) is 1.40. The summed E-state index contributed by atoms with van der Waals surface area (Å²) in [6, 6.07) is 7.56. The fraction of sp³-hybridized carbons (Fsp3) is 0.704. The van der Waals surface area contributed by atoms with Gasteiger partial charge in [-0.15, -0.1) is 0 Å². The number of hydrogen-bond donors (Lipinski definition) is 2. The number of benzene rings is 1. The Morgan fingerprint density at radius 1 is 0.848 bits per heavy atom. The third kappa shape index (κ3) is 7.20. The molecule has 182 valence electrons. The second-order valence-electron chi connectivity index (χ2n) is 10.6. The number of urea groups is 1. The summed E-state index contributed by atoms with van der Waals surface area (Å²) in [4.78, 5) is 29.9. The molecule has 1 aliphatic carbocycles. The topological polar surface area (TPSA) is 64.7 Å². The number of nitrogens with one attached hydrogen (secondary N) is 2. The number of nitrogens with zero attached hydrogens (tertiary/aromatic N) is 2. The molecular formula is C27H42N4O2. The van der Waals surface area contributed by atoms with Crippen molar-refractivity contribution in [3.8, 4) is 0 Å². The van der Waals surface area contributed by atoms with E-state index < -0.39 is 0 Å². The Labute approximate surface area is 199 Å². The van der Waals surface area contributed by atoms with E-state index in [0.717, 1.165) is 50.4 Å². The Balaban J connectivity index is 1.19. The lowest BCUT2D eigenvalue weighted by molar-refractivity contribution is 0.0933. The highest BCUT2D eigenvalue weighted by atomic mass is 16.2. The maximum absolute atomic E-state index is 12.7. The number of piperidine rings is 2. The van der Waals surface area contributed by atoms with Crippen LogP contribution in [0.1, 0.15) is 81.5 Å². The first-order valence-electron chi connectivity index (χ1n) is 13.3. The average molecular weight is 455 g/mol. The Morgan fingerprint density at radius 3 is 2.12 bits per heavy atom. The van der Waals surface area contributed by atoms with Crippen molar-refractivity contribution in [1.29, 1.82) is 0 Å². The second kappa shape index (κ2) is 11.9. The maximum atomic E-state index is 12.7. The van der Waals surface area contributed by atoms with Crippen molar-refractivity contribution < 1.29 is 9.59 Å². The highest BCUT2D eigenvalue weighted by molar-refractivity contribution is 5.95. The molecule has 0 atom stereocenters. The Hall–Kier alpha value is -2.08. The van der Waals surface area contributed by atoms with Crippen molar-refractivity contribution in [3.05, 3.63) is 29.8 Å². The highest BCUT2D eigenvalue weighted by Crippen LogP contribution is 2.23. The molecule has 1 saturated carbocycles. The lowest BCUT2D eigenvalue weighted by Crippen LogP contribution is -2.44. The van der Waals surface area contributed by atoms with Crippen LogP contribution in [-0.2, 0) is 0 Å². The van der Waals surface area contributed by atoms with Gasteiger partial charge < -0.3 is 20.4 Å². The van der Waals surface area contributed by atoms with Crippen LogP contribution in [0.15, 0.2) is 24.3 Å². The van der Waals surface area contributed by atoms with E-state index in [4.69, 9.17) is 0 Å². The van der Waals surface area contributed by atoms with E-state index >= 15 is 0 Å². The van der Waals surface area contributed by atoms with Crippen LogP contribution in [0.5, 0.6) is 0 Å². The van der Waals surface area contributed by atoms with Crippen molar-refractivity contribution in [1.82, 2.24) is 15.1 Å². The van der Waals surface area contributed by atoms with E-state index in [-0.39, 0.29) is 11.9 Å². The summed E-state index contributed by atoms with van der Waals surface area (Å²) < 4.78 is 0. The van der Waals surface area contributed by atoms with Gasteiger partial charge in [0.2, 0.25) is 0 Å². The van der Waals surface area contributed by atoms with Crippen LogP contribution in [0.4, 0.5) is 10.5 Å². The van der Waals surface area contributed by atoms with Gasteiger partial charge in [-0.2, -0.15) is 0 Å². The molecule has 0 spiro atoms. The number of rotatable bonds is 5. The van der Waals surface area contributed by atoms with E-state index in [1.807, 2.05) is 29.2 Å². The zero-order valence-corrected chi connectivity index (χ0v) is 20.4. The second-order valence-corrected chi connectivity index (χ2v) is 10.6. The van der Waals surface area contributed by atoms with E-state index in [1.54, 1.807) is 0 Å². The van der Waals surface area contributed by atoms with Crippen molar-refractivity contribution in [2.75, 3.05) is 38.0 Å². The maximum Gasteiger partial charge on any atom is 0.321 e. The lowest BCUT2D eigenvalue weighted by Gasteiger charge is -2.37. The van der Waals surface area contributed by atoms with Gasteiger partial charge in [-0.1, -0.05) is 32.6 Å². The first-order chi connectivity index (χ1) is 16.1. The minimum atomic E-state index is -0.0316. The van der Waals surface area contributed by atoms with Crippen molar-refractivity contribution >= 4 is 17.6 Å². The largest absolute Gasteiger partial charge is 0.349 e. The fourth-order valence-corrected chi connectivity index (χ4v) is 5.53. The van der Waals surface area contributed by atoms with Gasteiger partial charge in [-0.25, -0.2) is 4.79 Å². The number of carbonyl (C=O) groups is 2. The molecule has 2 saturated heterocycles. The van der Waals surface area contributed by atoms with E-state index in [1.165, 1.54) is 58.2 Å². The van der Waals surface area contributed by atoms with Crippen LogP contribution in [0.2, 0.25) is 0 Å². The van der Waals surface area contributed by atoms with Gasteiger partial charge in [0.1, 0.15) is 0 Å². The van der Waals surface area contributed by atoms with E-state index in [2.05, 4.69) is 22.5 Å².